The van der Waals surface area contributed by atoms with Crippen LogP contribution in [-0.4, -0.2) is 33.6 Å². The zero-order valence-electron chi connectivity index (χ0n) is 9.82. The summed E-state index contributed by atoms with van der Waals surface area (Å²) in [7, 11) is 1.89. The van der Waals surface area contributed by atoms with Gasteiger partial charge in [-0.2, -0.15) is 5.10 Å². The molecule has 2 N–H and O–H groups in total. The fourth-order valence-electron chi connectivity index (χ4n) is 1.63. The molecule has 0 spiro atoms. The molecule has 0 aliphatic rings. The van der Waals surface area contributed by atoms with Gasteiger partial charge in [0.25, 0.3) is 0 Å². The smallest absolute Gasteiger partial charge is 0.0673 e. The van der Waals surface area contributed by atoms with E-state index in [0.29, 0.717) is 6.42 Å². The lowest BCUT2D eigenvalue weighted by Gasteiger charge is -2.22. The van der Waals surface area contributed by atoms with Crippen molar-refractivity contribution in [1.29, 1.82) is 0 Å². The van der Waals surface area contributed by atoms with Crippen LogP contribution in [0.4, 0.5) is 0 Å². The van der Waals surface area contributed by atoms with E-state index in [2.05, 4.69) is 17.3 Å². The number of hydrogen-bond acceptors (Lipinski definition) is 3. The van der Waals surface area contributed by atoms with Crippen molar-refractivity contribution in [2.24, 2.45) is 7.05 Å². The summed E-state index contributed by atoms with van der Waals surface area (Å²) < 4.78 is 1.76. The van der Waals surface area contributed by atoms with Gasteiger partial charge in [-0.3, -0.25) is 4.68 Å². The molecule has 0 saturated heterocycles. The maximum Gasteiger partial charge on any atom is 0.0673 e. The minimum absolute atomic E-state index is 0.648. The van der Waals surface area contributed by atoms with E-state index < -0.39 is 5.60 Å². The van der Waals surface area contributed by atoms with Gasteiger partial charge in [-0.25, -0.2) is 0 Å². The van der Waals surface area contributed by atoms with Crippen molar-refractivity contribution in [3.63, 3.8) is 0 Å². The standard InChI is InChI=1S/C11H21N3O/c1-4-12-6-5-11(2,15)7-10-8-13-14(3)9-10/h8-9,12,15H,4-7H2,1-3H3. The van der Waals surface area contributed by atoms with Crippen molar-refractivity contribution in [3.8, 4) is 0 Å². The summed E-state index contributed by atoms with van der Waals surface area (Å²) in [5.74, 6) is 0. The highest BCUT2D eigenvalue weighted by atomic mass is 16.3. The predicted octanol–water partition coefficient (Wildman–Crippen LogP) is 0.713. The predicted molar refractivity (Wildman–Crippen MR) is 60.7 cm³/mol. The maximum absolute atomic E-state index is 10.1. The fourth-order valence-corrected chi connectivity index (χ4v) is 1.63. The van der Waals surface area contributed by atoms with E-state index in [1.807, 2.05) is 26.4 Å². The Morgan fingerprint density at radius 2 is 2.33 bits per heavy atom. The Labute approximate surface area is 91.3 Å². The molecule has 1 heterocycles. The van der Waals surface area contributed by atoms with E-state index in [1.165, 1.54) is 0 Å². The van der Waals surface area contributed by atoms with Crippen LogP contribution in [-0.2, 0) is 13.5 Å². The lowest BCUT2D eigenvalue weighted by Crippen LogP contribution is -2.32. The number of hydrogen-bond donors (Lipinski definition) is 2. The lowest BCUT2D eigenvalue weighted by molar-refractivity contribution is 0.0517. The quantitative estimate of drug-likeness (QED) is 0.681. The molecule has 4 heteroatoms. The van der Waals surface area contributed by atoms with Gasteiger partial charge in [0, 0.05) is 19.7 Å². The average molecular weight is 211 g/mol. The molecule has 1 aromatic rings. The van der Waals surface area contributed by atoms with Crippen LogP contribution in [0.25, 0.3) is 0 Å². The minimum Gasteiger partial charge on any atom is -0.390 e. The molecular weight excluding hydrogens is 190 g/mol. The second-order valence-electron chi connectivity index (χ2n) is 4.30. The number of rotatable bonds is 6. The second kappa shape index (κ2) is 5.28. The van der Waals surface area contributed by atoms with Crippen LogP contribution in [0.5, 0.6) is 0 Å². The van der Waals surface area contributed by atoms with Crippen LogP contribution in [0, 0.1) is 0 Å². The van der Waals surface area contributed by atoms with Crippen molar-refractivity contribution < 1.29 is 5.11 Å². The van der Waals surface area contributed by atoms with Gasteiger partial charge in [0.1, 0.15) is 0 Å². The molecule has 0 aliphatic heterocycles. The molecule has 15 heavy (non-hydrogen) atoms. The minimum atomic E-state index is -0.648. The van der Waals surface area contributed by atoms with Gasteiger partial charge in [-0.05, 0) is 32.0 Å². The Hall–Kier alpha value is -0.870. The first-order valence-corrected chi connectivity index (χ1v) is 5.44. The Morgan fingerprint density at radius 1 is 1.60 bits per heavy atom. The van der Waals surface area contributed by atoms with Gasteiger partial charge in [0.2, 0.25) is 0 Å². The third kappa shape index (κ3) is 4.44. The molecule has 1 aromatic heterocycles. The van der Waals surface area contributed by atoms with Gasteiger partial charge >= 0.3 is 0 Å². The largest absolute Gasteiger partial charge is 0.390 e. The van der Waals surface area contributed by atoms with Crippen molar-refractivity contribution in [2.45, 2.75) is 32.3 Å². The molecule has 1 rings (SSSR count). The van der Waals surface area contributed by atoms with Crippen molar-refractivity contribution >= 4 is 0 Å². The molecule has 0 fully saturated rings. The van der Waals surface area contributed by atoms with E-state index in [-0.39, 0.29) is 0 Å². The first-order valence-electron chi connectivity index (χ1n) is 5.44. The second-order valence-corrected chi connectivity index (χ2v) is 4.30. The first-order chi connectivity index (χ1) is 7.03. The molecule has 86 valence electrons. The number of nitrogens with zero attached hydrogens (tertiary/aromatic N) is 2. The van der Waals surface area contributed by atoms with Crippen molar-refractivity contribution in [3.05, 3.63) is 18.0 Å². The van der Waals surface area contributed by atoms with E-state index in [0.717, 1.165) is 25.1 Å². The molecule has 0 aliphatic carbocycles. The molecule has 0 amide bonds. The lowest BCUT2D eigenvalue weighted by atomic mass is 9.95. The molecule has 4 nitrogen and oxygen atoms in total. The number of aryl methyl sites for hydroxylation is 1. The maximum atomic E-state index is 10.1. The summed E-state index contributed by atoms with van der Waals surface area (Å²) in [6.07, 6.45) is 5.17. The summed E-state index contributed by atoms with van der Waals surface area (Å²) in [5.41, 5.74) is 0.435. The number of aromatic nitrogens is 2. The molecule has 1 unspecified atom stereocenters. The Morgan fingerprint density at radius 3 is 2.87 bits per heavy atom. The fraction of sp³-hybridized carbons (Fsp3) is 0.727. The number of nitrogens with one attached hydrogen (secondary N) is 1. The Kier molecular flexibility index (Phi) is 4.29. The van der Waals surface area contributed by atoms with Crippen molar-refractivity contribution in [1.82, 2.24) is 15.1 Å². The van der Waals surface area contributed by atoms with E-state index >= 15 is 0 Å². The van der Waals surface area contributed by atoms with Crippen LogP contribution in [0.15, 0.2) is 12.4 Å². The summed E-state index contributed by atoms with van der Waals surface area (Å²) in [6, 6.07) is 0. The zero-order valence-corrected chi connectivity index (χ0v) is 9.82. The Balaban J connectivity index is 2.41. The summed E-state index contributed by atoms with van der Waals surface area (Å²) >= 11 is 0. The van der Waals surface area contributed by atoms with Gasteiger partial charge < -0.3 is 10.4 Å². The van der Waals surface area contributed by atoms with Crippen LogP contribution in [0.2, 0.25) is 0 Å². The van der Waals surface area contributed by atoms with Crippen LogP contribution >= 0.6 is 0 Å². The highest BCUT2D eigenvalue weighted by Crippen LogP contribution is 2.15. The van der Waals surface area contributed by atoms with Gasteiger partial charge in [-0.15, -0.1) is 0 Å². The average Bonchev–Trinajstić information content (AvgIpc) is 2.50. The summed E-state index contributed by atoms with van der Waals surface area (Å²) in [5, 5.41) is 17.4. The SMILES string of the molecule is CCNCCC(C)(O)Cc1cnn(C)c1. The topological polar surface area (TPSA) is 50.1 Å². The number of aliphatic hydroxyl groups is 1. The van der Waals surface area contributed by atoms with Gasteiger partial charge in [-0.1, -0.05) is 6.92 Å². The van der Waals surface area contributed by atoms with E-state index in [1.54, 1.807) is 4.68 Å². The highest BCUT2D eigenvalue weighted by molar-refractivity contribution is 5.07. The molecule has 0 aromatic carbocycles. The Bertz CT molecular complexity index is 294. The van der Waals surface area contributed by atoms with Crippen molar-refractivity contribution in [2.75, 3.05) is 13.1 Å². The van der Waals surface area contributed by atoms with Crippen LogP contribution in [0.1, 0.15) is 25.8 Å². The normalized spacial score (nSPS) is 15.2. The molecule has 0 saturated carbocycles. The molecule has 0 radical (unpaired) electrons. The zero-order chi connectivity index (χ0) is 11.3. The summed E-state index contributed by atoms with van der Waals surface area (Å²) in [6.45, 7) is 5.74. The highest BCUT2D eigenvalue weighted by Gasteiger charge is 2.20. The third-order valence-electron chi connectivity index (χ3n) is 2.43. The third-order valence-corrected chi connectivity index (χ3v) is 2.43. The van der Waals surface area contributed by atoms with Gasteiger partial charge in [0.15, 0.2) is 0 Å². The van der Waals surface area contributed by atoms with Gasteiger partial charge in [0.05, 0.1) is 11.8 Å². The monoisotopic (exact) mass is 211 g/mol. The van der Waals surface area contributed by atoms with E-state index in [4.69, 9.17) is 0 Å². The molecular formula is C11H21N3O. The molecule has 0 bridgehead atoms. The van der Waals surface area contributed by atoms with Crippen LogP contribution in [0.3, 0.4) is 0 Å². The van der Waals surface area contributed by atoms with E-state index in [9.17, 15) is 5.11 Å². The summed E-state index contributed by atoms with van der Waals surface area (Å²) in [4.78, 5) is 0. The molecule has 1 atom stereocenters. The first kappa shape index (κ1) is 12.2. The van der Waals surface area contributed by atoms with Crippen LogP contribution < -0.4 is 5.32 Å².